The molecule has 0 aromatic carbocycles. The summed E-state index contributed by atoms with van der Waals surface area (Å²) < 4.78 is 0. The quantitative estimate of drug-likeness (QED) is 0.702. The van der Waals surface area contributed by atoms with E-state index in [1.165, 1.54) is 19.3 Å². The van der Waals surface area contributed by atoms with Crippen LogP contribution >= 0.6 is 23.2 Å². The van der Waals surface area contributed by atoms with E-state index in [4.69, 9.17) is 23.2 Å². The molecule has 2 rings (SSSR count). The summed E-state index contributed by atoms with van der Waals surface area (Å²) >= 11 is 11.6. The monoisotopic (exact) mass is 203 g/mol. The van der Waals surface area contributed by atoms with Gasteiger partial charge in [-0.15, -0.1) is 10.2 Å². The highest BCUT2D eigenvalue weighted by molar-refractivity contribution is 6.31. The van der Waals surface area contributed by atoms with E-state index in [2.05, 4.69) is 10.2 Å². The summed E-state index contributed by atoms with van der Waals surface area (Å²) in [6.07, 6.45) is 3.67. The van der Waals surface area contributed by atoms with Crippen molar-refractivity contribution < 1.29 is 0 Å². The lowest BCUT2D eigenvalue weighted by Gasteiger charge is -2.25. The predicted molar refractivity (Wildman–Crippen MR) is 48.6 cm³/mol. The summed E-state index contributed by atoms with van der Waals surface area (Å²) in [6, 6.07) is 1.82. The Balaban J connectivity index is 2.34. The molecular weight excluding hydrogens is 196 g/mol. The first-order valence-electron chi connectivity index (χ1n) is 3.96. The second-order valence-electron chi connectivity index (χ2n) is 3.04. The Morgan fingerprint density at radius 2 is 2.00 bits per heavy atom. The number of aromatic nitrogens is 2. The summed E-state index contributed by atoms with van der Waals surface area (Å²) in [4.78, 5) is 0. The van der Waals surface area contributed by atoms with Gasteiger partial charge in [-0.1, -0.05) is 29.6 Å². The first-order valence-corrected chi connectivity index (χ1v) is 4.71. The van der Waals surface area contributed by atoms with Gasteiger partial charge in [0, 0.05) is 0 Å². The number of hydrogen-bond donors (Lipinski definition) is 0. The van der Waals surface area contributed by atoms with Crippen LogP contribution in [0.15, 0.2) is 6.07 Å². The van der Waals surface area contributed by atoms with E-state index in [1.807, 2.05) is 6.07 Å². The summed E-state index contributed by atoms with van der Waals surface area (Å²) in [6.45, 7) is 0. The lowest BCUT2D eigenvalue weighted by Crippen LogP contribution is -2.10. The minimum absolute atomic E-state index is 0.432. The van der Waals surface area contributed by atoms with Gasteiger partial charge in [-0.3, -0.25) is 0 Å². The average Bonchev–Trinajstić information content (AvgIpc) is 1.93. The average molecular weight is 204 g/mol. The third kappa shape index (κ3) is 1.41. The maximum atomic E-state index is 5.87. The molecule has 0 unspecified atom stereocenters. The Morgan fingerprint density at radius 1 is 1.25 bits per heavy atom. The zero-order valence-electron chi connectivity index (χ0n) is 6.43. The Bertz CT molecular complexity index is 297. The summed E-state index contributed by atoms with van der Waals surface area (Å²) in [7, 11) is 0. The molecule has 1 heterocycles. The van der Waals surface area contributed by atoms with E-state index in [1.54, 1.807) is 0 Å². The molecule has 1 aliphatic rings. The van der Waals surface area contributed by atoms with Crippen molar-refractivity contribution in [2.75, 3.05) is 0 Å². The van der Waals surface area contributed by atoms with Gasteiger partial charge >= 0.3 is 0 Å². The fourth-order valence-electron chi connectivity index (χ4n) is 1.37. The van der Waals surface area contributed by atoms with Crippen molar-refractivity contribution in [3.8, 4) is 0 Å². The van der Waals surface area contributed by atoms with E-state index in [0.717, 1.165) is 5.56 Å². The van der Waals surface area contributed by atoms with Crippen molar-refractivity contribution in [3.05, 3.63) is 21.9 Å². The molecule has 0 saturated heterocycles. The number of hydrogen-bond acceptors (Lipinski definition) is 2. The van der Waals surface area contributed by atoms with Gasteiger partial charge in [0.1, 0.15) is 0 Å². The van der Waals surface area contributed by atoms with Crippen molar-refractivity contribution in [3.63, 3.8) is 0 Å². The topological polar surface area (TPSA) is 25.8 Å². The molecular formula is C8H8Cl2N2. The molecule has 2 nitrogen and oxygen atoms in total. The zero-order chi connectivity index (χ0) is 8.55. The fourth-order valence-corrected chi connectivity index (χ4v) is 1.77. The van der Waals surface area contributed by atoms with Crippen LogP contribution in [-0.2, 0) is 0 Å². The van der Waals surface area contributed by atoms with Gasteiger partial charge < -0.3 is 0 Å². The third-order valence-corrected chi connectivity index (χ3v) is 2.77. The highest BCUT2D eigenvalue weighted by atomic mass is 35.5. The molecule has 0 N–H and O–H groups in total. The number of nitrogens with zero attached hydrogens (tertiary/aromatic N) is 2. The Morgan fingerprint density at radius 3 is 2.58 bits per heavy atom. The lowest BCUT2D eigenvalue weighted by molar-refractivity contribution is 0.418. The maximum absolute atomic E-state index is 5.87. The summed E-state index contributed by atoms with van der Waals surface area (Å²) in [5.74, 6) is 0.561. The first kappa shape index (κ1) is 8.27. The normalized spacial score (nSPS) is 17.5. The van der Waals surface area contributed by atoms with E-state index in [9.17, 15) is 0 Å². The number of halogens is 2. The van der Waals surface area contributed by atoms with Crippen LogP contribution in [0.3, 0.4) is 0 Å². The molecule has 1 fully saturated rings. The lowest BCUT2D eigenvalue weighted by atomic mass is 9.82. The van der Waals surface area contributed by atoms with Crippen LogP contribution < -0.4 is 0 Å². The molecule has 1 saturated carbocycles. The van der Waals surface area contributed by atoms with Crippen molar-refractivity contribution in [2.45, 2.75) is 25.2 Å². The van der Waals surface area contributed by atoms with Crippen LogP contribution in [0.5, 0.6) is 0 Å². The van der Waals surface area contributed by atoms with Crippen molar-refractivity contribution >= 4 is 23.2 Å². The molecule has 0 atom stereocenters. The summed E-state index contributed by atoms with van der Waals surface area (Å²) in [5.41, 5.74) is 1.06. The standard InChI is InChI=1S/C8H8Cl2N2/c9-7-4-6(5-2-1-3-5)8(10)12-11-7/h4-5H,1-3H2/i8+1. The molecule has 1 aromatic rings. The maximum Gasteiger partial charge on any atom is 0.155 e. The van der Waals surface area contributed by atoms with Crippen molar-refractivity contribution in [2.24, 2.45) is 0 Å². The van der Waals surface area contributed by atoms with Gasteiger partial charge in [-0.25, -0.2) is 0 Å². The largest absolute Gasteiger partial charge is 0.155 e. The van der Waals surface area contributed by atoms with Gasteiger partial charge in [-0.2, -0.15) is 0 Å². The van der Waals surface area contributed by atoms with Crippen LogP contribution in [0.25, 0.3) is 0 Å². The van der Waals surface area contributed by atoms with Crippen LogP contribution in [-0.4, -0.2) is 10.2 Å². The van der Waals surface area contributed by atoms with Crippen LogP contribution in [0, 0.1) is 0 Å². The van der Waals surface area contributed by atoms with E-state index < -0.39 is 0 Å². The second kappa shape index (κ2) is 3.19. The van der Waals surface area contributed by atoms with Gasteiger partial charge in [0.15, 0.2) is 10.3 Å². The van der Waals surface area contributed by atoms with E-state index >= 15 is 0 Å². The molecule has 64 valence electrons. The number of rotatable bonds is 1. The molecule has 1 aliphatic carbocycles. The second-order valence-corrected chi connectivity index (χ2v) is 3.79. The first-order chi connectivity index (χ1) is 5.77. The van der Waals surface area contributed by atoms with E-state index in [0.29, 0.717) is 16.2 Å². The highest BCUT2D eigenvalue weighted by Gasteiger charge is 2.22. The van der Waals surface area contributed by atoms with Gasteiger partial charge in [0.2, 0.25) is 0 Å². The Hall–Kier alpha value is -0.340. The van der Waals surface area contributed by atoms with Crippen molar-refractivity contribution in [1.29, 1.82) is 0 Å². The SMILES string of the molecule is Clc1cc(C2CCC2)[13c](Cl)nn1. The zero-order valence-corrected chi connectivity index (χ0v) is 7.94. The molecule has 0 spiro atoms. The van der Waals surface area contributed by atoms with E-state index in [-0.39, 0.29) is 0 Å². The highest BCUT2D eigenvalue weighted by Crippen LogP contribution is 2.39. The van der Waals surface area contributed by atoms with Gasteiger partial charge in [-0.05, 0) is 30.4 Å². The van der Waals surface area contributed by atoms with Crippen LogP contribution in [0.2, 0.25) is 10.3 Å². The molecule has 4 heteroatoms. The molecule has 0 bridgehead atoms. The van der Waals surface area contributed by atoms with Crippen LogP contribution in [0.4, 0.5) is 0 Å². The third-order valence-electron chi connectivity index (χ3n) is 2.29. The Labute approximate surface area is 80.9 Å². The minimum Gasteiger partial charge on any atom is -0.137 e. The van der Waals surface area contributed by atoms with Crippen LogP contribution in [0.1, 0.15) is 30.7 Å². The predicted octanol–water partition coefficient (Wildman–Crippen LogP) is 3.05. The molecule has 0 radical (unpaired) electrons. The molecule has 0 aliphatic heterocycles. The molecule has 1 aromatic heterocycles. The summed E-state index contributed by atoms with van der Waals surface area (Å²) in [5, 5.41) is 8.36. The molecule has 0 amide bonds. The Kier molecular flexibility index (Phi) is 2.20. The molecule has 12 heavy (non-hydrogen) atoms. The minimum atomic E-state index is 0.432. The van der Waals surface area contributed by atoms with Gasteiger partial charge in [0.25, 0.3) is 0 Å². The smallest absolute Gasteiger partial charge is 0.137 e. The van der Waals surface area contributed by atoms with Gasteiger partial charge in [0.05, 0.1) is 0 Å². The fraction of sp³-hybridized carbons (Fsp3) is 0.500. The van der Waals surface area contributed by atoms with Crippen molar-refractivity contribution in [1.82, 2.24) is 10.2 Å².